The van der Waals surface area contributed by atoms with Gasteiger partial charge in [0.25, 0.3) is 5.88 Å². The third kappa shape index (κ3) is 3.32. The van der Waals surface area contributed by atoms with E-state index >= 15 is 0 Å². The Hall–Kier alpha value is -2.47. The first-order valence-electron chi connectivity index (χ1n) is 7.13. The van der Waals surface area contributed by atoms with Crippen molar-refractivity contribution >= 4 is 17.3 Å². The molecule has 0 aliphatic rings. The van der Waals surface area contributed by atoms with Crippen LogP contribution in [0.2, 0.25) is 0 Å². The molecule has 6 heteroatoms. The van der Waals surface area contributed by atoms with Gasteiger partial charge in [0.1, 0.15) is 5.82 Å². The van der Waals surface area contributed by atoms with E-state index in [0.29, 0.717) is 17.7 Å². The number of halogens is 1. The summed E-state index contributed by atoms with van der Waals surface area (Å²) in [6, 6.07) is 9.58. The van der Waals surface area contributed by atoms with Crippen molar-refractivity contribution in [1.29, 1.82) is 0 Å². The monoisotopic (exact) mass is 331 g/mol. The number of oxazole rings is 1. The van der Waals surface area contributed by atoms with E-state index in [2.05, 4.69) is 4.98 Å². The van der Waals surface area contributed by atoms with Crippen molar-refractivity contribution in [3.05, 3.63) is 59.6 Å². The molecule has 118 valence electrons. The summed E-state index contributed by atoms with van der Waals surface area (Å²) in [5, 5.41) is 1.90. The maximum atomic E-state index is 13.0. The normalized spacial score (nSPS) is 12.1. The Bertz CT molecular complexity index is 781. The van der Waals surface area contributed by atoms with Gasteiger partial charge in [-0.25, -0.2) is 4.39 Å². The highest BCUT2D eigenvalue weighted by atomic mass is 32.1. The molecule has 0 bridgehead atoms. The second-order valence-electron chi connectivity index (χ2n) is 4.90. The summed E-state index contributed by atoms with van der Waals surface area (Å²) < 4.78 is 23.8. The fourth-order valence-corrected chi connectivity index (χ4v) is 2.98. The molecule has 3 aromatic rings. The lowest BCUT2D eigenvalue weighted by molar-refractivity contribution is -0.136. The van der Waals surface area contributed by atoms with Gasteiger partial charge in [-0.05, 0) is 35.6 Å². The van der Waals surface area contributed by atoms with E-state index in [1.807, 2.05) is 24.4 Å². The first-order chi connectivity index (χ1) is 11.2. The van der Waals surface area contributed by atoms with Crippen LogP contribution in [0.1, 0.15) is 24.8 Å². The number of nitrogens with zero attached hydrogens (tertiary/aromatic N) is 1. The number of thiophene rings is 1. The molecule has 0 saturated carbocycles. The zero-order chi connectivity index (χ0) is 16.2. The summed E-state index contributed by atoms with van der Waals surface area (Å²) >= 11 is 1.47. The Kier molecular flexibility index (Phi) is 4.52. The molecular weight excluding hydrogens is 317 g/mol. The Labute approximate surface area is 136 Å². The number of hydrogen-bond donors (Lipinski definition) is 0. The second kappa shape index (κ2) is 6.75. The van der Waals surface area contributed by atoms with E-state index in [9.17, 15) is 9.18 Å². The Morgan fingerprint density at radius 1 is 1.35 bits per heavy atom. The number of hydrogen-bond acceptors (Lipinski definition) is 5. The fraction of sp³-hybridized carbons (Fsp3) is 0.176. The molecule has 0 spiro atoms. The Morgan fingerprint density at radius 2 is 2.13 bits per heavy atom. The molecule has 23 heavy (non-hydrogen) atoms. The van der Waals surface area contributed by atoms with Crippen molar-refractivity contribution < 1.29 is 18.3 Å². The summed E-state index contributed by atoms with van der Waals surface area (Å²) in [5.41, 5.74) is 0.708. The van der Waals surface area contributed by atoms with Crippen LogP contribution in [0.15, 0.2) is 52.6 Å². The molecule has 2 heterocycles. The number of rotatable bonds is 5. The van der Waals surface area contributed by atoms with Gasteiger partial charge in [-0.1, -0.05) is 25.1 Å². The van der Waals surface area contributed by atoms with E-state index in [0.717, 1.165) is 4.88 Å². The number of esters is 1. The van der Waals surface area contributed by atoms with Crippen LogP contribution in [0, 0.1) is 5.82 Å². The van der Waals surface area contributed by atoms with Gasteiger partial charge in [-0.2, -0.15) is 4.98 Å². The lowest BCUT2D eigenvalue weighted by Crippen LogP contribution is -2.18. The largest absolute Gasteiger partial charge is 0.438 e. The van der Waals surface area contributed by atoms with Crippen LogP contribution in [0.25, 0.3) is 10.6 Å². The molecule has 3 rings (SSSR count). The van der Waals surface area contributed by atoms with Crippen molar-refractivity contribution in [2.24, 2.45) is 0 Å². The predicted octanol–water partition coefficient (Wildman–Crippen LogP) is 4.64. The third-order valence-electron chi connectivity index (χ3n) is 3.44. The standard InChI is InChI=1S/C17H14FNO3S/c1-2-13(11-5-7-12(18)8-6-11)17(20)22-16-15(21-10-19-16)14-4-3-9-23-14/h3-10,13H,2H2,1H3. The second-order valence-corrected chi connectivity index (χ2v) is 5.85. The highest BCUT2D eigenvalue weighted by Crippen LogP contribution is 2.33. The van der Waals surface area contributed by atoms with Crippen molar-refractivity contribution in [2.75, 3.05) is 0 Å². The molecule has 0 radical (unpaired) electrons. The van der Waals surface area contributed by atoms with Gasteiger partial charge in [-0.3, -0.25) is 4.79 Å². The van der Waals surface area contributed by atoms with E-state index < -0.39 is 11.9 Å². The Balaban J connectivity index is 1.81. The van der Waals surface area contributed by atoms with Crippen LogP contribution in [0.4, 0.5) is 4.39 Å². The van der Waals surface area contributed by atoms with Gasteiger partial charge in [0.05, 0.1) is 10.8 Å². The van der Waals surface area contributed by atoms with Gasteiger partial charge in [0.15, 0.2) is 6.39 Å². The van der Waals surface area contributed by atoms with Crippen LogP contribution >= 0.6 is 11.3 Å². The number of carbonyl (C=O) groups excluding carboxylic acids is 1. The first-order valence-corrected chi connectivity index (χ1v) is 8.01. The molecule has 4 nitrogen and oxygen atoms in total. The molecule has 0 fully saturated rings. The number of benzene rings is 1. The molecule has 1 unspecified atom stereocenters. The average molecular weight is 331 g/mol. The molecular formula is C17H14FNO3S. The van der Waals surface area contributed by atoms with Crippen molar-refractivity contribution in [1.82, 2.24) is 4.98 Å². The zero-order valence-electron chi connectivity index (χ0n) is 12.4. The molecule has 1 atom stereocenters. The summed E-state index contributed by atoms with van der Waals surface area (Å²) in [6.45, 7) is 1.87. The topological polar surface area (TPSA) is 52.3 Å². The third-order valence-corrected chi connectivity index (χ3v) is 4.31. The predicted molar refractivity (Wildman–Crippen MR) is 84.9 cm³/mol. The first kappa shape index (κ1) is 15.4. The van der Waals surface area contributed by atoms with Gasteiger partial charge in [0.2, 0.25) is 5.76 Å². The molecule has 0 saturated heterocycles. The molecule has 1 aromatic carbocycles. The van der Waals surface area contributed by atoms with Crippen LogP contribution in [-0.2, 0) is 4.79 Å². The minimum atomic E-state index is -0.483. The fourth-order valence-electron chi connectivity index (χ4n) is 2.28. The van der Waals surface area contributed by atoms with E-state index in [-0.39, 0.29) is 11.7 Å². The SMILES string of the molecule is CCC(C(=O)Oc1ncoc1-c1cccs1)c1ccc(F)cc1. The van der Waals surface area contributed by atoms with Crippen LogP contribution in [-0.4, -0.2) is 11.0 Å². The van der Waals surface area contributed by atoms with Gasteiger partial charge in [-0.15, -0.1) is 11.3 Å². The molecule has 0 aliphatic carbocycles. The highest BCUT2D eigenvalue weighted by Gasteiger charge is 2.24. The molecule has 0 aliphatic heterocycles. The van der Waals surface area contributed by atoms with Gasteiger partial charge < -0.3 is 9.15 Å². The van der Waals surface area contributed by atoms with Gasteiger partial charge >= 0.3 is 5.97 Å². The lowest BCUT2D eigenvalue weighted by Gasteiger charge is -2.13. The number of aromatic nitrogens is 1. The minimum absolute atomic E-state index is 0.151. The zero-order valence-corrected chi connectivity index (χ0v) is 13.2. The Morgan fingerprint density at radius 3 is 2.78 bits per heavy atom. The van der Waals surface area contributed by atoms with E-state index in [4.69, 9.17) is 9.15 Å². The smallest absolute Gasteiger partial charge is 0.320 e. The quantitative estimate of drug-likeness (QED) is 0.639. The van der Waals surface area contributed by atoms with Crippen LogP contribution in [0.3, 0.4) is 0 Å². The minimum Gasteiger partial charge on any atom is -0.438 e. The average Bonchev–Trinajstić information content (AvgIpc) is 3.20. The van der Waals surface area contributed by atoms with E-state index in [1.54, 1.807) is 12.1 Å². The lowest BCUT2D eigenvalue weighted by atomic mass is 9.97. The maximum absolute atomic E-state index is 13.0. The molecule has 2 aromatic heterocycles. The summed E-state index contributed by atoms with van der Waals surface area (Å²) in [4.78, 5) is 17.3. The highest BCUT2D eigenvalue weighted by molar-refractivity contribution is 7.13. The van der Waals surface area contributed by atoms with Crippen LogP contribution < -0.4 is 4.74 Å². The van der Waals surface area contributed by atoms with Gasteiger partial charge in [0, 0.05) is 0 Å². The summed E-state index contributed by atoms with van der Waals surface area (Å²) in [5.74, 6) is -0.678. The number of carbonyl (C=O) groups is 1. The molecule has 0 amide bonds. The van der Waals surface area contributed by atoms with Crippen molar-refractivity contribution in [3.63, 3.8) is 0 Å². The van der Waals surface area contributed by atoms with Crippen molar-refractivity contribution in [2.45, 2.75) is 19.3 Å². The van der Waals surface area contributed by atoms with Crippen molar-refractivity contribution in [3.8, 4) is 16.5 Å². The summed E-state index contributed by atoms with van der Waals surface area (Å²) in [6.07, 6.45) is 1.78. The molecule has 0 N–H and O–H groups in total. The number of ether oxygens (including phenoxy) is 1. The summed E-state index contributed by atoms with van der Waals surface area (Å²) in [7, 11) is 0. The maximum Gasteiger partial charge on any atom is 0.320 e. The van der Waals surface area contributed by atoms with Crippen LogP contribution in [0.5, 0.6) is 5.88 Å². The van der Waals surface area contributed by atoms with E-state index in [1.165, 1.54) is 29.9 Å².